The molecule has 0 saturated heterocycles. The zero-order valence-electron chi connectivity index (χ0n) is 11.1. The Morgan fingerprint density at radius 2 is 2.00 bits per heavy atom. The maximum absolute atomic E-state index is 5.65. The fourth-order valence-electron chi connectivity index (χ4n) is 1.74. The van der Waals surface area contributed by atoms with Crippen LogP contribution in [0.5, 0.6) is 0 Å². The molecule has 1 aromatic rings. The van der Waals surface area contributed by atoms with Gasteiger partial charge in [0, 0.05) is 6.61 Å². The van der Waals surface area contributed by atoms with E-state index in [0.717, 1.165) is 26.1 Å². The van der Waals surface area contributed by atoms with Crippen molar-refractivity contribution in [3.8, 4) is 0 Å². The molecule has 0 heterocycles. The highest BCUT2D eigenvalue weighted by atomic mass is 16.5. The lowest BCUT2D eigenvalue weighted by molar-refractivity contribution is 0.115. The highest BCUT2D eigenvalue weighted by Gasteiger charge is 1.97. The van der Waals surface area contributed by atoms with E-state index in [1.165, 1.54) is 12.0 Å². The standard InChI is InChI=1S/C16H24O/c1-3-4-9-15(2)10-8-13-17-14-16-11-6-5-7-12-16/h4-7,9,11-12,15H,3,8,10,13-14H2,1-2H3/b9-4+/t15-/m1/s1. The van der Waals surface area contributed by atoms with E-state index in [-0.39, 0.29) is 0 Å². The SMILES string of the molecule is CC/C=C/[C@@H](C)CCCOCc1ccccc1. The van der Waals surface area contributed by atoms with Gasteiger partial charge in [0.2, 0.25) is 0 Å². The first-order valence-electron chi connectivity index (χ1n) is 6.61. The van der Waals surface area contributed by atoms with Crippen LogP contribution in [0, 0.1) is 5.92 Å². The molecule has 0 aliphatic rings. The summed E-state index contributed by atoms with van der Waals surface area (Å²) < 4.78 is 5.65. The van der Waals surface area contributed by atoms with Crippen molar-refractivity contribution < 1.29 is 4.74 Å². The van der Waals surface area contributed by atoms with Crippen molar-refractivity contribution >= 4 is 0 Å². The second-order valence-electron chi connectivity index (χ2n) is 4.49. The molecule has 0 aliphatic heterocycles. The van der Waals surface area contributed by atoms with Crippen molar-refractivity contribution in [2.45, 2.75) is 39.7 Å². The van der Waals surface area contributed by atoms with Gasteiger partial charge in [-0.3, -0.25) is 0 Å². The Kier molecular flexibility index (Phi) is 7.40. The number of hydrogen-bond donors (Lipinski definition) is 0. The summed E-state index contributed by atoms with van der Waals surface area (Å²) in [5.41, 5.74) is 1.26. The lowest BCUT2D eigenvalue weighted by atomic mass is 10.1. The Balaban J connectivity index is 2.03. The molecular formula is C16H24O. The van der Waals surface area contributed by atoms with Gasteiger partial charge in [0.05, 0.1) is 6.61 Å². The quantitative estimate of drug-likeness (QED) is 0.470. The number of ether oxygens (including phenoxy) is 1. The highest BCUT2D eigenvalue weighted by molar-refractivity contribution is 5.13. The van der Waals surface area contributed by atoms with Crippen molar-refractivity contribution in [3.05, 3.63) is 48.0 Å². The summed E-state index contributed by atoms with van der Waals surface area (Å²) in [5.74, 6) is 0.676. The van der Waals surface area contributed by atoms with Gasteiger partial charge in [0.15, 0.2) is 0 Å². The zero-order valence-corrected chi connectivity index (χ0v) is 11.1. The molecule has 1 atom stereocenters. The normalized spacial score (nSPS) is 13.1. The minimum atomic E-state index is 0.676. The van der Waals surface area contributed by atoms with Crippen molar-refractivity contribution in [2.75, 3.05) is 6.61 Å². The molecule has 0 N–H and O–H groups in total. The average Bonchev–Trinajstić information content (AvgIpc) is 2.37. The van der Waals surface area contributed by atoms with Gasteiger partial charge < -0.3 is 4.74 Å². The summed E-state index contributed by atoms with van der Waals surface area (Å²) in [6.45, 7) is 6.04. The van der Waals surface area contributed by atoms with Gasteiger partial charge in [-0.25, -0.2) is 0 Å². The second kappa shape index (κ2) is 9.00. The van der Waals surface area contributed by atoms with Gasteiger partial charge in [-0.05, 0) is 30.7 Å². The first-order valence-corrected chi connectivity index (χ1v) is 6.61. The van der Waals surface area contributed by atoms with Crippen molar-refractivity contribution in [1.29, 1.82) is 0 Å². The number of benzene rings is 1. The molecule has 0 bridgehead atoms. The van der Waals surface area contributed by atoms with E-state index in [9.17, 15) is 0 Å². The van der Waals surface area contributed by atoms with Crippen LogP contribution in [-0.2, 0) is 11.3 Å². The van der Waals surface area contributed by atoms with E-state index in [2.05, 4.69) is 50.3 Å². The van der Waals surface area contributed by atoms with Crippen LogP contribution in [-0.4, -0.2) is 6.61 Å². The summed E-state index contributed by atoms with van der Waals surface area (Å²) in [7, 11) is 0. The molecule has 1 nitrogen and oxygen atoms in total. The molecule has 0 fully saturated rings. The summed E-state index contributed by atoms with van der Waals surface area (Å²) in [6, 6.07) is 10.3. The van der Waals surface area contributed by atoms with Crippen molar-refractivity contribution in [3.63, 3.8) is 0 Å². The maximum Gasteiger partial charge on any atom is 0.0716 e. The Bertz CT molecular complexity index is 303. The molecular weight excluding hydrogens is 208 g/mol. The minimum absolute atomic E-state index is 0.676. The highest BCUT2D eigenvalue weighted by Crippen LogP contribution is 2.08. The molecule has 0 aromatic heterocycles. The van der Waals surface area contributed by atoms with E-state index in [1.54, 1.807) is 0 Å². The summed E-state index contributed by atoms with van der Waals surface area (Å²) in [5, 5.41) is 0. The van der Waals surface area contributed by atoms with Gasteiger partial charge in [0.1, 0.15) is 0 Å². The average molecular weight is 232 g/mol. The predicted molar refractivity (Wildman–Crippen MR) is 73.9 cm³/mol. The van der Waals surface area contributed by atoms with E-state index >= 15 is 0 Å². The predicted octanol–water partition coefficient (Wildman–Crippen LogP) is 4.59. The van der Waals surface area contributed by atoms with Crippen LogP contribution < -0.4 is 0 Å². The molecule has 0 unspecified atom stereocenters. The largest absolute Gasteiger partial charge is 0.377 e. The molecule has 1 heteroatoms. The fraction of sp³-hybridized carbons (Fsp3) is 0.500. The van der Waals surface area contributed by atoms with Crippen LogP contribution in [0.4, 0.5) is 0 Å². The van der Waals surface area contributed by atoms with Gasteiger partial charge in [-0.15, -0.1) is 0 Å². The third-order valence-corrected chi connectivity index (χ3v) is 2.76. The summed E-state index contributed by atoms with van der Waals surface area (Å²) in [6.07, 6.45) is 8.04. The lowest BCUT2D eigenvalue weighted by Crippen LogP contribution is -1.98. The molecule has 94 valence electrons. The van der Waals surface area contributed by atoms with Crippen molar-refractivity contribution in [1.82, 2.24) is 0 Å². The van der Waals surface area contributed by atoms with Crippen molar-refractivity contribution in [2.24, 2.45) is 5.92 Å². The third kappa shape index (κ3) is 6.96. The van der Waals surface area contributed by atoms with Gasteiger partial charge in [-0.1, -0.05) is 56.3 Å². The molecule has 1 aromatic carbocycles. The van der Waals surface area contributed by atoms with E-state index in [4.69, 9.17) is 4.74 Å². The monoisotopic (exact) mass is 232 g/mol. The topological polar surface area (TPSA) is 9.23 Å². The molecule has 0 radical (unpaired) electrons. The summed E-state index contributed by atoms with van der Waals surface area (Å²) >= 11 is 0. The number of rotatable bonds is 8. The fourth-order valence-corrected chi connectivity index (χ4v) is 1.74. The lowest BCUT2D eigenvalue weighted by Gasteiger charge is -2.07. The van der Waals surface area contributed by atoms with Crippen LogP contribution in [0.1, 0.15) is 38.7 Å². The Morgan fingerprint density at radius 1 is 1.24 bits per heavy atom. The third-order valence-electron chi connectivity index (χ3n) is 2.76. The molecule has 0 aliphatic carbocycles. The van der Waals surface area contributed by atoms with Gasteiger partial charge >= 0.3 is 0 Å². The van der Waals surface area contributed by atoms with E-state index in [1.807, 2.05) is 6.07 Å². The first kappa shape index (κ1) is 14.0. The molecule has 1 rings (SSSR count). The van der Waals surface area contributed by atoms with Gasteiger partial charge in [0.25, 0.3) is 0 Å². The Morgan fingerprint density at radius 3 is 2.71 bits per heavy atom. The molecule has 0 spiro atoms. The number of hydrogen-bond acceptors (Lipinski definition) is 1. The second-order valence-corrected chi connectivity index (χ2v) is 4.49. The van der Waals surface area contributed by atoms with Crippen LogP contribution in [0.25, 0.3) is 0 Å². The Labute approximate surface area is 106 Å². The van der Waals surface area contributed by atoms with Crippen LogP contribution >= 0.6 is 0 Å². The maximum atomic E-state index is 5.65. The molecule has 17 heavy (non-hydrogen) atoms. The number of allylic oxidation sites excluding steroid dienone is 2. The minimum Gasteiger partial charge on any atom is -0.377 e. The van der Waals surface area contributed by atoms with E-state index < -0.39 is 0 Å². The van der Waals surface area contributed by atoms with Crippen LogP contribution in [0.15, 0.2) is 42.5 Å². The van der Waals surface area contributed by atoms with Gasteiger partial charge in [-0.2, -0.15) is 0 Å². The first-order chi connectivity index (χ1) is 8.33. The molecule has 0 saturated carbocycles. The Hall–Kier alpha value is -1.08. The molecule has 0 amide bonds. The zero-order chi connectivity index (χ0) is 12.3. The van der Waals surface area contributed by atoms with E-state index in [0.29, 0.717) is 5.92 Å². The van der Waals surface area contributed by atoms with Crippen LogP contribution in [0.3, 0.4) is 0 Å². The summed E-state index contributed by atoms with van der Waals surface area (Å²) in [4.78, 5) is 0. The van der Waals surface area contributed by atoms with Crippen LogP contribution in [0.2, 0.25) is 0 Å². The smallest absolute Gasteiger partial charge is 0.0716 e.